The molecule has 0 radical (unpaired) electrons. The third-order valence-electron chi connectivity index (χ3n) is 2.58. The molecule has 15 heavy (non-hydrogen) atoms. The van der Waals surface area contributed by atoms with Gasteiger partial charge in [-0.2, -0.15) is 0 Å². The lowest BCUT2D eigenvalue weighted by Gasteiger charge is -2.16. The molecule has 0 saturated carbocycles. The van der Waals surface area contributed by atoms with Crippen molar-refractivity contribution in [2.24, 2.45) is 0 Å². The second kappa shape index (κ2) is 3.89. The van der Waals surface area contributed by atoms with Gasteiger partial charge in [-0.15, -0.1) is 0 Å². The summed E-state index contributed by atoms with van der Waals surface area (Å²) in [5.41, 5.74) is 3.59. The predicted molar refractivity (Wildman–Crippen MR) is 60.4 cm³/mol. The number of hydrogen-bond donors (Lipinski definition) is 0. The van der Waals surface area contributed by atoms with E-state index in [-0.39, 0.29) is 5.91 Å². The van der Waals surface area contributed by atoms with Gasteiger partial charge in [-0.3, -0.25) is 4.79 Å². The molecule has 0 aliphatic carbocycles. The zero-order valence-electron chi connectivity index (χ0n) is 9.16. The van der Waals surface area contributed by atoms with E-state index in [1.54, 1.807) is 6.08 Å². The third-order valence-corrected chi connectivity index (χ3v) is 2.58. The highest BCUT2D eigenvalue weighted by molar-refractivity contribution is 5.91. The zero-order valence-corrected chi connectivity index (χ0v) is 9.16. The fourth-order valence-electron chi connectivity index (χ4n) is 1.89. The summed E-state index contributed by atoms with van der Waals surface area (Å²) in [5, 5.41) is 0. The van der Waals surface area contributed by atoms with Gasteiger partial charge in [0.15, 0.2) is 0 Å². The van der Waals surface area contributed by atoms with Gasteiger partial charge in [-0.25, -0.2) is 0 Å². The van der Waals surface area contributed by atoms with Gasteiger partial charge >= 0.3 is 0 Å². The average Bonchev–Trinajstić information content (AvgIpc) is 2.45. The van der Waals surface area contributed by atoms with E-state index in [0.717, 1.165) is 12.1 Å². The van der Waals surface area contributed by atoms with Crippen molar-refractivity contribution in [3.8, 4) is 0 Å². The molecule has 1 aromatic carbocycles. The molecule has 1 amide bonds. The molecule has 0 atom stereocenters. The maximum atomic E-state index is 11.5. The number of benzene rings is 1. The average molecular weight is 201 g/mol. The summed E-state index contributed by atoms with van der Waals surface area (Å²) in [6, 6.07) is 8.29. The minimum Gasteiger partial charge on any atom is -0.331 e. The molecule has 0 saturated heterocycles. The van der Waals surface area contributed by atoms with Crippen molar-refractivity contribution < 1.29 is 4.79 Å². The van der Waals surface area contributed by atoms with Crippen LogP contribution >= 0.6 is 0 Å². The van der Waals surface area contributed by atoms with Crippen molar-refractivity contribution >= 4 is 5.91 Å². The molecule has 2 heteroatoms. The maximum absolute atomic E-state index is 11.5. The normalized spacial score (nSPS) is 15.7. The van der Waals surface area contributed by atoms with Crippen LogP contribution in [-0.2, 0) is 11.3 Å². The van der Waals surface area contributed by atoms with Crippen LogP contribution in [0.3, 0.4) is 0 Å². The molecule has 1 aromatic rings. The van der Waals surface area contributed by atoms with E-state index >= 15 is 0 Å². The fraction of sp³-hybridized carbons (Fsp3) is 0.308. The Hall–Kier alpha value is -1.57. The highest BCUT2D eigenvalue weighted by atomic mass is 16.2. The molecule has 0 aromatic heterocycles. The van der Waals surface area contributed by atoms with Crippen molar-refractivity contribution in [3.63, 3.8) is 0 Å². The number of rotatable bonds is 2. The van der Waals surface area contributed by atoms with Gasteiger partial charge in [0.1, 0.15) is 0 Å². The van der Waals surface area contributed by atoms with Crippen LogP contribution in [0.15, 0.2) is 35.9 Å². The lowest BCUT2D eigenvalue weighted by molar-refractivity contribution is -0.125. The Morgan fingerprint density at radius 1 is 1.33 bits per heavy atom. The SMILES string of the molecule is CC1=CC(=O)N(Cc2cccc(C)c2)C1. The van der Waals surface area contributed by atoms with Crippen molar-refractivity contribution in [2.75, 3.05) is 6.54 Å². The molecule has 0 spiro atoms. The fourth-order valence-corrected chi connectivity index (χ4v) is 1.89. The minimum atomic E-state index is 0.133. The topological polar surface area (TPSA) is 20.3 Å². The first-order valence-corrected chi connectivity index (χ1v) is 5.17. The van der Waals surface area contributed by atoms with Gasteiger partial charge in [0, 0.05) is 19.2 Å². The number of carbonyl (C=O) groups excluding carboxylic acids is 1. The van der Waals surface area contributed by atoms with E-state index in [9.17, 15) is 4.79 Å². The van der Waals surface area contributed by atoms with E-state index in [1.807, 2.05) is 17.9 Å². The molecular formula is C13H15NO. The lowest BCUT2D eigenvalue weighted by atomic mass is 10.1. The third kappa shape index (κ3) is 2.27. The van der Waals surface area contributed by atoms with E-state index in [0.29, 0.717) is 6.54 Å². The van der Waals surface area contributed by atoms with Gasteiger partial charge in [0.05, 0.1) is 0 Å². The Balaban J connectivity index is 2.08. The van der Waals surface area contributed by atoms with Crippen molar-refractivity contribution in [2.45, 2.75) is 20.4 Å². The molecule has 0 N–H and O–H groups in total. The molecular weight excluding hydrogens is 186 g/mol. The van der Waals surface area contributed by atoms with Gasteiger partial charge in [0.2, 0.25) is 5.91 Å². The second-order valence-electron chi connectivity index (χ2n) is 4.17. The predicted octanol–water partition coefficient (Wildman–Crippen LogP) is 2.28. The lowest BCUT2D eigenvalue weighted by Crippen LogP contribution is -2.25. The standard InChI is InChI=1S/C13H15NO/c1-10-4-3-5-12(6-10)9-14-8-11(2)7-13(14)15/h3-7H,8-9H2,1-2H3. The minimum absolute atomic E-state index is 0.133. The number of hydrogen-bond acceptors (Lipinski definition) is 1. The Morgan fingerprint density at radius 3 is 2.73 bits per heavy atom. The highest BCUT2D eigenvalue weighted by Gasteiger charge is 2.18. The van der Waals surface area contributed by atoms with Crippen molar-refractivity contribution in [1.82, 2.24) is 4.90 Å². The van der Waals surface area contributed by atoms with Gasteiger partial charge in [-0.05, 0) is 25.0 Å². The molecule has 2 nitrogen and oxygen atoms in total. The summed E-state index contributed by atoms with van der Waals surface area (Å²) >= 11 is 0. The summed E-state index contributed by atoms with van der Waals surface area (Å²) in [6.45, 7) is 5.55. The van der Waals surface area contributed by atoms with E-state index < -0.39 is 0 Å². The Bertz CT molecular complexity index is 420. The van der Waals surface area contributed by atoms with E-state index in [2.05, 4.69) is 25.1 Å². The molecule has 0 fully saturated rings. The van der Waals surface area contributed by atoms with Crippen LogP contribution < -0.4 is 0 Å². The molecule has 78 valence electrons. The van der Waals surface area contributed by atoms with Crippen molar-refractivity contribution in [1.29, 1.82) is 0 Å². The van der Waals surface area contributed by atoms with E-state index in [4.69, 9.17) is 0 Å². The quantitative estimate of drug-likeness (QED) is 0.719. The largest absolute Gasteiger partial charge is 0.331 e. The smallest absolute Gasteiger partial charge is 0.247 e. The van der Waals surface area contributed by atoms with Gasteiger partial charge < -0.3 is 4.90 Å². The van der Waals surface area contributed by atoms with Crippen LogP contribution in [0.2, 0.25) is 0 Å². The number of aryl methyl sites for hydroxylation is 1. The number of amides is 1. The maximum Gasteiger partial charge on any atom is 0.247 e. The first kappa shape index (κ1) is 9.97. The Kier molecular flexibility index (Phi) is 2.58. The summed E-state index contributed by atoms with van der Waals surface area (Å²) in [4.78, 5) is 13.4. The summed E-state index contributed by atoms with van der Waals surface area (Å²) in [7, 11) is 0. The Labute approximate surface area is 90.2 Å². The van der Waals surface area contributed by atoms with Crippen LogP contribution in [0.4, 0.5) is 0 Å². The molecule has 1 heterocycles. The van der Waals surface area contributed by atoms with Crippen molar-refractivity contribution in [3.05, 3.63) is 47.0 Å². The first-order chi connectivity index (χ1) is 7.15. The monoisotopic (exact) mass is 201 g/mol. The molecule has 0 bridgehead atoms. The molecule has 2 rings (SSSR count). The molecule has 1 aliphatic heterocycles. The number of nitrogens with zero attached hydrogens (tertiary/aromatic N) is 1. The van der Waals surface area contributed by atoms with Crippen LogP contribution in [-0.4, -0.2) is 17.4 Å². The second-order valence-corrected chi connectivity index (χ2v) is 4.17. The van der Waals surface area contributed by atoms with Crippen LogP contribution in [0.25, 0.3) is 0 Å². The van der Waals surface area contributed by atoms with Crippen LogP contribution in [0.5, 0.6) is 0 Å². The van der Waals surface area contributed by atoms with Gasteiger partial charge in [-0.1, -0.05) is 29.8 Å². The number of carbonyl (C=O) groups is 1. The highest BCUT2D eigenvalue weighted by Crippen LogP contribution is 2.14. The van der Waals surface area contributed by atoms with Crippen LogP contribution in [0, 0.1) is 6.92 Å². The van der Waals surface area contributed by atoms with Crippen LogP contribution in [0.1, 0.15) is 18.1 Å². The Morgan fingerprint density at radius 2 is 2.13 bits per heavy atom. The summed E-state index contributed by atoms with van der Waals surface area (Å²) in [5.74, 6) is 0.133. The summed E-state index contributed by atoms with van der Waals surface area (Å²) in [6.07, 6.45) is 1.72. The molecule has 1 aliphatic rings. The van der Waals surface area contributed by atoms with E-state index in [1.165, 1.54) is 11.1 Å². The summed E-state index contributed by atoms with van der Waals surface area (Å²) < 4.78 is 0. The van der Waals surface area contributed by atoms with Gasteiger partial charge in [0.25, 0.3) is 0 Å². The molecule has 0 unspecified atom stereocenters. The first-order valence-electron chi connectivity index (χ1n) is 5.17. The zero-order chi connectivity index (χ0) is 10.8.